The molecule has 0 saturated carbocycles. The van der Waals surface area contributed by atoms with Crippen LogP contribution in [0.3, 0.4) is 0 Å². The lowest BCUT2D eigenvalue weighted by atomic mass is 9.99. The van der Waals surface area contributed by atoms with E-state index in [0.29, 0.717) is 0 Å². The normalized spacial score (nSPS) is 13.3. The van der Waals surface area contributed by atoms with Crippen LogP contribution in [-0.2, 0) is 0 Å². The molecular weight excluding hydrogens is 250 g/mol. The molecule has 1 aromatic carbocycles. The summed E-state index contributed by atoms with van der Waals surface area (Å²) in [6.45, 7) is -0.307. The zero-order valence-electron chi connectivity index (χ0n) is 7.48. The van der Waals surface area contributed by atoms with Crippen LogP contribution < -0.4 is 5.73 Å². The van der Waals surface area contributed by atoms with E-state index in [-0.39, 0.29) is 22.2 Å². The van der Waals surface area contributed by atoms with Crippen LogP contribution in [0.2, 0.25) is 10.0 Å². The first kappa shape index (κ1) is 12.6. The molecule has 1 nitrogen and oxygen atoms in total. The third kappa shape index (κ3) is 2.77. The van der Waals surface area contributed by atoms with Crippen molar-refractivity contribution in [3.05, 3.63) is 33.6 Å². The first-order valence-electron chi connectivity index (χ1n) is 4.10. The molecule has 0 spiro atoms. The van der Waals surface area contributed by atoms with E-state index < -0.39 is 18.2 Å². The van der Waals surface area contributed by atoms with Crippen LogP contribution in [0.4, 0.5) is 13.2 Å². The van der Waals surface area contributed by atoms with Gasteiger partial charge in [-0.25, -0.2) is 13.2 Å². The molecule has 0 radical (unpaired) electrons. The molecule has 1 atom stereocenters. The van der Waals surface area contributed by atoms with Crippen molar-refractivity contribution >= 4 is 23.2 Å². The molecule has 1 unspecified atom stereocenters. The molecule has 0 saturated heterocycles. The van der Waals surface area contributed by atoms with Gasteiger partial charge in [-0.05, 0) is 17.7 Å². The average molecular weight is 258 g/mol. The molecule has 0 aliphatic heterocycles. The predicted molar refractivity (Wildman–Crippen MR) is 54.2 cm³/mol. The maximum absolute atomic E-state index is 13.0. The second kappa shape index (κ2) is 5.05. The fourth-order valence-corrected chi connectivity index (χ4v) is 1.71. The molecule has 84 valence electrons. The lowest BCUT2D eigenvalue weighted by Crippen LogP contribution is -2.20. The summed E-state index contributed by atoms with van der Waals surface area (Å²) in [5.41, 5.74) is 5.15. The van der Waals surface area contributed by atoms with Crippen molar-refractivity contribution < 1.29 is 13.2 Å². The highest BCUT2D eigenvalue weighted by Crippen LogP contribution is 2.32. The number of hydrogen-bond acceptors (Lipinski definition) is 1. The minimum atomic E-state index is -2.69. The molecule has 1 aromatic rings. The van der Waals surface area contributed by atoms with E-state index in [2.05, 4.69) is 0 Å². The molecule has 0 bridgehead atoms. The Labute approximate surface area is 95.0 Å². The van der Waals surface area contributed by atoms with Gasteiger partial charge in [0.1, 0.15) is 5.82 Å². The molecular formula is C9H8Cl2F3N. The largest absolute Gasteiger partial charge is 0.330 e. The molecule has 0 aromatic heterocycles. The molecule has 0 heterocycles. The van der Waals surface area contributed by atoms with Gasteiger partial charge in [-0.3, -0.25) is 0 Å². The summed E-state index contributed by atoms with van der Waals surface area (Å²) < 4.78 is 38.0. The number of benzene rings is 1. The minimum absolute atomic E-state index is 0.00264. The van der Waals surface area contributed by atoms with Crippen molar-refractivity contribution in [2.45, 2.75) is 12.3 Å². The summed E-state index contributed by atoms with van der Waals surface area (Å²) in [6, 6.07) is 1.99. The molecule has 0 aliphatic carbocycles. The maximum atomic E-state index is 13.0. The Kier molecular flexibility index (Phi) is 4.25. The fraction of sp³-hybridized carbons (Fsp3) is 0.333. The second-order valence-corrected chi connectivity index (χ2v) is 3.78. The Morgan fingerprint density at radius 3 is 2.27 bits per heavy atom. The highest BCUT2D eigenvalue weighted by molar-refractivity contribution is 6.35. The number of rotatable bonds is 3. The smallest absolute Gasteiger partial charge is 0.246 e. The summed E-state index contributed by atoms with van der Waals surface area (Å²) in [4.78, 5) is 0. The van der Waals surface area contributed by atoms with Crippen LogP contribution in [0.25, 0.3) is 0 Å². The summed E-state index contributed by atoms with van der Waals surface area (Å²) >= 11 is 11.1. The van der Waals surface area contributed by atoms with Gasteiger partial charge in [0.05, 0.1) is 10.9 Å². The average Bonchev–Trinajstić information content (AvgIpc) is 2.14. The number of nitrogens with two attached hydrogens (primary N) is 1. The molecule has 0 fully saturated rings. The van der Waals surface area contributed by atoms with Crippen LogP contribution in [-0.4, -0.2) is 13.0 Å². The van der Waals surface area contributed by atoms with Crippen LogP contribution in [0.1, 0.15) is 11.5 Å². The van der Waals surface area contributed by atoms with E-state index in [1.807, 2.05) is 0 Å². The lowest BCUT2D eigenvalue weighted by molar-refractivity contribution is 0.117. The van der Waals surface area contributed by atoms with Gasteiger partial charge in [0, 0.05) is 11.6 Å². The van der Waals surface area contributed by atoms with Gasteiger partial charge in [0.25, 0.3) is 0 Å². The van der Waals surface area contributed by atoms with Crippen LogP contribution >= 0.6 is 23.2 Å². The summed E-state index contributed by atoms with van der Waals surface area (Å²) in [6.07, 6.45) is -2.69. The van der Waals surface area contributed by atoms with Gasteiger partial charge in [0.2, 0.25) is 6.43 Å². The standard InChI is InChI=1S/C9H8Cl2F3N/c10-6-2-7(11)8(12)1-4(6)5(3-15)9(13)14/h1-2,5,9H,3,15H2. The van der Waals surface area contributed by atoms with Gasteiger partial charge < -0.3 is 5.73 Å². The van der Waals surface area contributed by atoms with Crippen molar-refractivity contribution in [2.75, 3.05) is 6.54 Å². The molecule has 1 rings (SSSR count). The van der Waals surface area contributed by atoms with Crippen LogP contribution in [0.15, 0.2) is 12.1 Å². The van der Waals surface area contributed by atoms with E-state index in [0.717, 1.165) is 12.1 Å². The SMILES string of the molecule is NCC(c1cc(F)c(Cl)cc1Cl)C(F)F. The third-order valence-electron chi connectivity index (χ3n) is 2.00. The van der Waals surface area contributed by atoms with E-state index in [9.17, 15) is 13.2 Å². The minimum Gasteiger partial charge on any atom is -0.330 e. The van der Waals surface area contributed by atoms with Gasteiger partial charge in [-0.15, -0.1) is 0 Å². The summed E-state index contributed by atoms with van der Waals surface area (Å²) in [5, 5.41) is -0.203. The molecule has 2 N–H and O–H groups in total. The van der Waals surface area contributed by atoms with E-state index >= 15 is 0 Å². The first-order chi connectivity index (χ1) is 6.97. The third-order valence-corrected chi connectivity index (χ3v) is 2.61. The zero-order chi connectivity index (χ0) is 11.6. The molecule has 0 aliphatic rings. The van der Waals surface area contributed by atoms with Gasteiger partial charge in [-0.1, -0.05) is 23.2 Å². The Bertz CT molecular complexity index is 357. The summed E-state index contributed by atoms with van der Waals surface area (Å²) in [7, 11) is 0. The Morgan fingerprint density at radius 1 is 1.20 bits per heavy atom. The molecule has 0 amide bonds. The van der Waals surface area contributed by atoms with Crippen LogP contribution in [0.5, 0.6) is 0 Å². The van der Waals surface area contributed by atoms with Crippen molar-refractivity contribution in [2.24, 2.45) is 5.73 Å². The van der Waals surface area contributed by atoms with Crippen molar-refractivity contribution in [3.63, 3.8) is 0 Å². The first-order valence-corrected chi connectivity index (χ1v) is 4.85. The fourth-order valence-electron chi connectivity index (χ4n) is 1.19. The number of alkyl halides is 2. The van der Waals surface area contributed by atoms with Gasteiger partial charge in [-0.2, -0.15) is 0 Å². The quantitative estimate of drug-likeness (QED) is 0.825. The number of halogens is 5. The molecule has 15 heavy (non-hydrogen) atoms. The highest BCUT2D eigenvalue weighted by atomic mass is 35.5. The highest BCUT2D eigenvalue weighted by Gasteiger charge is 2.24. The number of hydrogen-bond donors (Lipinski definition) is 1. The van der Waals surface area contributed by atoms with Crippen molar-refractivity contribution in [1.29, 1.82) is 0 Å². The van der Waals surface area contributed by atoms with Gasteiger partial charge >= 0.3 is 0 Å². The van der Waals surface area contributed by atoms with E-state index in [1.54, 1.807) is 0 Å². The maximum Gasteiger partial charge on any atom is 0.246 e. The summed E-state index contributed by atoms with van der Waals surface area (Å²) in [5.74, 6) is -2.06. The predicted octanol–water partition coefficient (Wildman–Crippen LogP) is 3.44. The van der Waals surface area contributed by atoms with Crippen LogP contribution in [0, 0.1) is 5.82 Å². The monoisotopic (exact) mass is 257 g/mol. The van der Waals surface area contributed by atoms with E-state index in [4.69, 9.17) is 28.9 Å². The van der Waals surface area contributed by atoms with Crippen molar-refractivity contribution in [3.8, 4) is 0 Å². The van der Waals surface area contributed by atoms with Gasteiger partial charge in [0.15, 0.2) is 0 Å². The second-order valence-electron chi connectivity index (χ2n) is 2.96. The Balaban J connectivity index is 3.18. The van der Waals surface area contributed by atoms with Crippen molar-refractivity contribution in [1.82, 2.24) is 0 Å². The zero-order valence-corrected chi connectivity index (χ0v) is 9.00. The van der Waals surface area contributed by atoms with E-state index in [1.165, 1.54) is 0 Å². The Hall–Kier alpha value is -0.450. The molecule has 6 heteroatoms. The lowest BCUT2D eigenvalue weighted by Gasteiger charge is -2.16. The topological polar surface area (TPSA) is 26.0 Å². The Morgan fingerprint density at radius 2 is 1.80 bits per heavy atom.